The molecular weight excluding hydrogens is 186 g/mol. The molecule has 15 heavy (non-hydrogen) atoms. The van der Waals surface area contributed by atoms with E-state index in [1.165, 1.54) is 5.56 Å². The average Bonchev–Trinajstić information content (AvgIpc) is 2.18. The zero-order valence-electron chi connectivity index (χ0n) is 10.1. The number of hydrogen-bond donors (Lipinski definition) is 1. The summed E-state index contributed by atoms with van der Waals surface area (Å²) in [5.41, 5.74) is 1.31. The van der Waals surface area contributed by atoms with Crippen molar-refractivity contribution in [3.63, 3.8) is 0 Å². The highest BCUT2D eigenvalue weighted by molar-refractivity contribution is 5.18. The molecule has 0 radical (unpaired) electrons. The Hall–Kier alpha value is -0.860. The molecule has 2 nitrogen and oxygen atoms in total. The zero-order chi connectivity index (χ0) is 11.3. The summed E-state index contributed by atoms with van der Waals surface area (Å²) in [6.45, 7) is 7.18. The molecule has 0 spiro atoms. The Morgan fingerprint density at radius 2 is 1.87 bits per heavy atom. The second-order valence-corrected chi connectivity index (χ2v) is 4.59. The maximum Gasteiger partial charge on any atom is 0.0639 e. The van der Waals surface area contributed by atoms with Crippen LogP contribution in [0.2, 0.25) is 0 Å². The molecule has 84 valence electrons. The van der Waals surface area contributed by atoms with Gasteiger partial charge in [-0.25, -0.2) is 0 Å². The van der Waals surface area contributed by atoms with Crippen LogP contribution in [0, 0.1) is 0 Å². The molecule has 1 atom stereocenters. The van der Waals surface area contributed by atoms with E-state index in [2.05, 4.69) is 50.4 Å². The molecule has 0 saturated heterocycles. The third kappa shape index (κ3) is 4.02. The monoisotopic (exact) mass is 207 g/mol. The van der Waals surface area contributed by atoms with Gasteiger partial charge in [0.1, 0.15) is 0 Å². The summed E-state index contributed by atoms with van der Waals surface area (Å²) < 4.78 is 5.18. The van der Waals surface area contributed by atoms with Gasteiger partial charge in [0.15, 0.2) is 0 Å². The van der Waals surface area contributed by atoms with Gasteiger partial charge in [0.25, 0.3) is 0 Å². The van der Waals surface area contributed by atoms with Crippen molar-refractivity contribution in [3.8, 4) is 0 Å². The normalized spacial score (nSPS) is 13.9. The third-order valence-electron chi connectivity index (χ3n) is 2.41. The van der Waals surface area contributed by atoms with Crippen LogP contribution in [0.25, 0.3) is 0 Å². The van der Waals surface area contributed by atoms with Gasteiger partial charge in [-0.1, -0.05) is 30.3 Å². The highest BCUT2D eigenvalue weighted by Crippen LogP contribution is 2.15. The molecule has 0 fully saturated rings. The quantitative estimate of drug-likeness (QED) is 0.801. The molecule has 1 unspecified atom stereocenters. The predicted octanol–water partition coefficient (Wildman–Crippen LogP) is 2.76. The van der Waals surface area contributed by atoms with Crippen molar-refractivity contribution < 1.29 is 4.74 Å². The fourth-order valence-corrected chi connectivity index (χ4v) is 1.81. The van der Waals surface area contributed by atoms with Crippen LogP contribution in [0.15, 0.2) is 30.3 Å². The van der Waals surface area contributed by atoms with Crippen molar-refractivity contribution in [2.75, 3.05) is 13.7 Å². The smallest absolute Gasteiger partial charge is 0.0639 e. The van der Waals surface area contributed by atoms with E-state index < -0.39 is 0 Å². The van der Waals surface area contributed by atoms with Crippen LogP contribution in [0.4, 0.5) is 0 Å². The lowest BCUT2D eigenvalue weighted by molar-refractivity contribution is 0.122. The van der Waals surface area contributed by atoms with E-state index in [1.807, 2.05) is 6.07 Å². The molecule has 0 amide bonds. The van der Waals surface area contributed by atoms with Gasteiger partial charge in [0.05, 0.1) is 6.61 Å². The van der Waals surface area contributed by atoms with Crippen molar-refractivity contribution >= 4 is 0 Å². The zero-order valence-corrected chi connectivity index (χ0v) is 10.1. The molecule has 0 aliphatic rings. The van der Waals surface area contributed by atoms with Crippen LogP contribution >= 0.6 is 0 Å². The van der Waals surface area contributed by atoms with Crippen molar-refractivity contribution in [1.82, 2.24) is 5.32 Å². The molecule has 0 bridgehead atoms. The van der Waals surface area contributed by atoms with Crippen molar-refractivity contribution in [2.45, 2.75) is 32.4 Å². The third-order valence-corrected chi connectivity index (χ3v) is 2.41. The van der Waals surface area contributed by atoms with Gasteiger partial charge >= 0.3 is 0 Å². The fourth-order valence-electron chi connectivity index (χ4n) is 1.81. The van der Waals surface area contributed by atoms with Crippen molar-refractivity contribution in [2.24, 2.45) is 0 Å². The Bertz CT molecular complexity index is 282. The minimum absolute atomic E-state index is 0.00398. The van der Waals surface area contributed by atoms with Gasteiger partial charge in [0.2, 0.25) is 0 Å². The molecule has 1 aromatic carbocycles. The Labute approximate surface area is 92.6 Å². The van der Waals surface area contributed by atoms with Gasteiger partial charge in [-0.3, -0.25) is 0 Å². The average molecular weight is 207 g/mol. The van der Waals surface area contributed by atoms with E-state index in [1.54, 1.807) is 7.11 Å². The summed E-state index contributed by atoms with van der Waals surface area (Å²) in [5.74, 6) is 0. The first-order valence-corrected chi connectivity index (χ1v) is 5.37. The van der Waals surface area contributed by atoms with Gasteiger partial charge in [-0.15, -0.1) is 0 Å². The summed E-state index contributed by atoms with van der Waals surface area (Å²) in [4.78, 5) is 0. The van der Waals surface area contributed by atoms with E-state index in [0.29, 0.717) is 12.6 Å². The molecule has 1 aromatic rings. The van der Waals surface area contributed by atoms with E-state index in [4.69, 9.17) is 4.74 Å². The second-order valence-electron chi connectivity index (χ2n) is 4.59. The van der Waals surface area contributed by atoms with Crippen LogP contribution in [-0.4, -0.2) is 19.3 Å². The van der Waals surface area contributed by atoms with E-state index in [9.17, 15) is 0 Å². The number of ether oxygens (including phenoxy) is 1. The first-order valence-electron chi connectivity index (χ1n) is 5.37. The maximum absolute atomic E-state index is 5.18. The summed E-state index contributed by atoms with van der Waals surface area (Å²) in [6.07, 6.45) is 0. The number of rotatable bonds is 5. The number of hydrogen-bond acceptors (Lipinski definition) is 2. The first kappa shape index (κ1) is 12.2. The number of methoxy groups -OCH3 is 1. The van der Waals surface area contributed by atoms with E-state index in [-0.39, 0.29) is 5.54 Å². The predicted molar refractivity (Wildman–Crippen MR) is 63.9 cm³/mol. The first-order chi connectivity index (χ1) is 7.05. The Morgan fingerprint density at radius 3 is 2.40 bits per heavy atom. The minimum atomic E-state index is 0.00398. The number of benzene rings is 1. The van der Waals surface area contributed by atoms with E-state index >= 15 is 0 Å². The lowest BCUT2D eigenvalue weighted by Crippen LogP contribution is -2.44. The molecule has 0 saturated carbocycles. The largest absolute Gasteiger partial charge is 0.383 e. The van der Waals surface area contributed by atoms with Gasteiger partial charge < -0.3 is 10.1 Å². The van der Waals surface area contributed by atoms with Crippen LogP contribution in [-0.2, 0) is 4.74 Å². The highest BCUT2D eigenvalue weighted by atomic mass is 16.5. The van der Waals surface area contributed by atoms with Crippen LogP contribution in [0.3, 0.4) is 0 Å². The Balaban J connectivity index is 2.59. The lowest BCUT2D eigenvalue weighted by Gasteiger charge is -2.29. The van der Waals surface area contributed by atoms with E-state index in [0.717, 1.165) is 0 Å². The molecule has 2 heteroatoms. The molecule has 0 heterocycles. The van der Waals surface area contributed by atoms with Gasteiger partial charge in [-0.2, -0.15) is 0 Å². The van der Waals surface area contributed by atoms with Gasteiger partial charge in [-0.05, 0) is 26.3 Å². The van der Waals surface area contributed by atoms with Crippen LogP contribution in [0.5, 0.6) is 0 Å². The summed E-state index contributed by atoms with van der Waals surface area (Å²) in [5, 5.41) is 3.55. The standard InChI is InChI=1S/C13H21NO/c1-11(12-8-6-5-7-9-12)14-13(2,3)10-15-4/h5-9,11,14H,10H2,1-4H3. The summed E-state index contributed by atoms with van der Waals surface area (Å²) >= 11 is 0. The molecule has 0 aliphatic carbocycles. The molecule has 1 N–H and O–H groups in total. The van der Waals surface area contributed by atoms with Crippen molar-refractivity contribution in [1.29, 1.82) is 0 Å². The molecule has 0 aromatic heterocycles. The van der Waals surface area contributed by atoms with Crippen molar-refractivity contribution in [3.05, 3.63) is 35.9 Å². The molecule has 0 aliphatic heterocycles. The topological polar surface area (TPSA) is 21.3 Å². The highest BCUT2D eigenvalue weighted by Gasteiger charge is 2.20. The Kier molecular flexibility index (Phi) is 4.30. The van der Waals surface area contributed by atoms with Crippen LogP contribution in [0.1, 0.15) is 32.4 Å². The van der Waals surface area contributed by atoms with Crippen LogP contribution < -0.4 is 5.32 Å². The number of nitrogens with one attached hydrogen (secondary N) is 1. The SMILES string of the molecule is COCC(C)(C)NC(C)c1ccccc1. The maximum atomic E-state index is 5.18. The Morgan fingerprint density at radius 1 is 1.27 bits per heavy atom. The second kappa shape index (κ2) is 5.29. The molecular formula is C13H21NO. The fraction of sp³-hybridized carbons (Fsp3) is 0.538. The minimum Gasteiger partial charge on any atom is -0.383 e. The lowest BCUT2D eigenvalue weighted by atomic mass is 10.0. The summed E-state index contributed by atoms with van der Waals surface area (Å²) in [6, 6.07) is 10.8. The van der Waals surface area contributed by atoms with Gasteiger partial charge in [0, 0.05) is 18.7 Å². The molecule has 1 rings (SSSR count). The summed E-state index contributed by atoms with van der Waals surface area (Å²) in [7, 11) is 1.73.